The fourth-order valence-corrected chi connectivity index (χ4v) is 4.24. The quantitative estimate of drug-likeness (QED) is 0.221. The van der Waals surface area contributed by atoms with Gasteiger partial charge >= 0.3 is 0 Å². The van der Waals surface area contributed by atoms with E-state index in [2.05, 4.69) is 16.0 Å². The minimum absolute atomic E-state index is 0.0241. The Morgan fingerprint density at radius 1 is 1.00 bits per heavy atom. The number of carbonyl (C=O) groups is 3. The Labute approximate surface area is 216 Å². The van der Waals surface area contributed by atoms with Gasteiger partial charge in [-0.05, 0) is 53.8 Å². The van der Waals surface area contributed by atoms with Crippen LogP contribution in [0, 0.1) is 0 Å². The molecule has 0 saturated heterocycles. The fraction of sp³-hybridized carbons (Fsp3) is 0.423. The van der Waals surface area contributed by atoms with Crippen molar-refractivity contribution in [1.82, 2.24) is 16.0 Å². The van der Waals surface area contributed by atoms with E-state index < -0.39 is 41.9 Å². The van der Waals surface area contributed by atoms with Gasteiger partial charge in [0, 0.05) is 25.9 Å². The number of rotatable bonds is 7. The topological polar surface area (TPSA) is 212 Å². The Morgan fingerprint density at radius 3 is 2.43 bits per heavy atom. The first-order valence-electron chi connectivity index (χ1n) is 12.4. The largest absolute Gasteiger partial charge is 0.508 e. The summed E-state index contributed by atoms with van der Waals surface area (Å²) >= 11 is 0. The standard InChI is InChI=1S/C26H37N7O4/c27-8-2-5-21-25(36)33-22(26(37)31-19(13-28)14-29)10-15-3-1-4-16(9-15)17-6-7-23(34)18(11-17)12-20(30)24(35)32-21/h1,3-4,6-7,9,11,19-22,34H,2,5,8,10,12-14,27-30H2,(H,31,37)(H,32,35)(H,33,36)/t20?,21-,22?/m0/s1. The number of hydrogen-bond acceptors (Lipinski definition) is 8. The molecule has 1 aliphatic rings. The van der Waals surface area contributed by atoms with Crippen molar-refractivity contribution in [2.45, 2.75) is 49.9 Å². The van der Waals surface area contributed by atoms with Crippen LogP contribution in [0.5, 0.6) is 5.75 Å². The van der Waals surface area contributed by atoms with Crippen LogP contribution in [-0.4, -0.2) is 66.6 Å². The van der Waals surface area contributed by atoms with Gasteiger partial charge in [-0.2, -0.15) is 0 Å². The van der Waals surface area contributed by atoms with E-state index in [-0.39, 0.29) is 38.1 Å². The molecule has 11 nitrogen and oxygen atoms in total. The van der Waals surface area contributed by atoms with Crippen LogP contribution in [0.3, 0.4) is 0 Å². The maximum Gasteiger partial charge on any atom is 0.243 e. The molecule has 37 heavy (non-hydrogen) atoms. The number of benzene rings is 2. The van der Waals surface area contributed by atoms with Crippen LogP contribution in [-0.2, 0) is 27.2 Å². The van der Waals surface area contributed by atoms with Crippen molar-refractivity contribution in [2.75, 3.05) is 19.6 Å². The van der Waals surface area contributed by atoms with Crippen molar-refractivity contribution in [1.29, 1.82) is 0 Å². The predicted molar refractivity (Wildman–Crippen MR) is 141 cm³/mol. The number of nitrogens with one attached hydrogen (secondary N) is 3. The van der Waals surface area contributed by atoms with Crippen molar-refractivity contribution in [3.8, 4) is 16.9 Å². The Morgan fingerprint density at radius 2 is 1.73 bits per heavy atom. The van der Waals surface area contributed by atoms with Crippen molar-refractivity contribution >= 4 is 17.7 Å². The van der Waals surface area contributed by atoms with Gasteiger partial charge in [-0.15, -0.1) is 0 Å². The second-order valence-electron chi connectivity index (χ2n) is 9.29. The Kier molecular flexibility index (Phi) is 9.98. The molecule has 0 saturated carbocycles. The molecule has 0 aromatic heterocycles. The van der Waals surface area contributed by atoms with Gasteiger partial charge in [-0.3, -0.25) is 14.4 Å². The Balaban J connectivity index is 2.04. The highest BCUT2D eigenvalue weighted by Crippen LogP contribution is 2.28. The number of phenols is 1. The number of fused-ring (bicyclic) bond motifs is 5. The van der Waals surface area contributed by atoms with Crippen LogP contribution in [0.1, 0.15) is 24.0 Å². The highest BCUT2D eigenvalue weighted by molar-refractivity contribution is 5.93. The van der Waals surface area contributed by atoms with Crippen LogP contribution >= 0.6 is 0 Å². The summed E-state index contributed by atoms with van der Waals surface area (Å²) in [7, 11) is 0. The summed E-state index contributed by atoms with van der Waals surface area (Å²) in [5, 5.41) is 18.7. The minimum atomic E-state index is -1.01. The zero-order valence-electron chi connectivity index (χ0n) is 20.8. The van der Waals surface area contributed by atoms with E-state index >= 15 is 0 Å². The summed E-state index contributed by atoms with van der Waals surface area (Å²) in [5.41, 5.74) is 26.2. The lowest BCUT2D eigenvalue weighted by atomic mass is 9.96. The van der Waals surface area contributed by atoms with Crippen LogP contribution in [0.4, 0.5) is 0 Å². The molecule has 12 N–H and O–H groups in total. The molecule has 0 spiro atoms. The zero-order valence-corrected chi connectivity index (χ0v) is 20.8. The second kappa shape index (κ2) is 13.2. The van der Waals surface area contributed by atoms with Crippen LogP contribution < -0.4 is 38.9 Å². The lowest BCUT2D eigenvalue weighted by molar-refractivity contribution is -0.132. The highest BCUT2D eigenvalue weighted by Gasteiger charge is 2.29. The number of hydrogen-bond donors (Lipinski definition) is 8. The molecule has 2 aromatic carbocycles. The van der Waals surface area contributed by atoms with E-state index in [0.717, 1.165) is 16.7 Å². The lowest BCUT2D eigenvalue weighted by Crippen LogP contribution is -2.58. The van der Waals surface area contributed by atoms with E-state index in [1.165, 1.54) is 0 Å². The molecular weight excluding hydrogens is 474 g/mol. The molecule has 3 amide bonds. The first-order valence-corrected chi connectivity index (χ1v) is 12.4. The molecule has 3 rings (SSSR count). The van der Waals surface area contributed by atoms with E-state index in [0.29, 0.717) is 18.5 Å². The van der Waals surface area contributed by atoms with Crippen LogP contribution in [0.2, 0.25) is 0 Å². The van der Waals surface area contributed by atoms with Crippen molar-refractivity contribution in [2.24, 2.45) is 22.9 Å². The highest BCUT2D eigenvalue weighted by atomic mass is 16.3. The number of amides is 3. The number of carbonyl (C=O) groups excluding carboxylic acids is 3. The fourth-order valence-electron chi connectivity index (χ4n) is 4.24. The molecule has 1 aliphatic heterocycles. The lowest BCUT2D eigenvalue weighted by Gasteiger charge is -2.25. The number of aromatic hydroxyl groups is 1. The van der Waals surface area contributed by atoms with E-state index in [1.54, 1.807) is 18.2 Å². The van der Waals surface area contributed by atoms with E-state index in [4.69, 9.17) is 22.9 Å². The third kappa shape index (κ3) is 7.49. The molecule has 2 unspecified atom stereocenters. The maximum absolute atomic E-state index is 13.3. The summed E-state index contributed by atoms with van der Waals surface area (Å²) in [6.45, 7) is 0.612. The monoisotopic (exact) mass is 511 g/mol. The van der Waals surface area contributed by atoms with Gasteiger partial charge in [0.15, 0.2) is 0 Å². The van der Waals surface area contributed by atoms with Crippen LogP contribution in [0.15, 0.2) is 42.5 Å². The maximum atomic E-state index is 13.3. The minimum Gasteiger partial charge on any atom is -0.508 e. The van der Waals surface area contributed by atoms with E-state index in [1.807, 2.05) is 24.3 Å². The van der Waals surface area contributed by atoms with Gasteiger partial charge in [0.25, 0.3) is 0 Å². The Bertz CT molecular complexity index is 1110. The van der Waals surface area contributed by atoms with Crippen molar-refractivity contribution in [3.05, 3.63) is 53.6 Å². The predicted octanol–water partition coefficient (Wildman–Crippen LogP) is -1.40. The summed E-state index contributed by atoms with van der Waals surface area (Å²) in [5.74, 6) is -1.49. The summed E-state index contributed by atoms with van der Waals surface area (Å²) in [6, 6.07) is 9.29. The van der Waals surface area contributed by atoms with Gasteiger partial charge in [0.05, 0.1) is 12.1 Å². The molecule has 1 heterocycles. The summed E-state index contributed by atoms with van der Waals surface area (Å²) in [6.07, 6.45) is 0.994. The Hall–Kier alpha value is -3.51. The second-order valence-corrected chi connectivity index (χ2v) is 9.29. The average molecular weight is 512 g/mol. The van der Waals surface area contributed by atoms with Gasteiger partial charge in [-0.25, -0.2) is 0 Å². The molecule has 0 radical (unpaired) electrons. The third-order valence-corrected chi connectivity index (χ3v) is 6.43. The first-order chi connectivity index (χ1) is 17.7. The summed E-state index contributed by atoms with van der Waals surface area (Å²) in [4.78, 5) is 39.4. The average Bonchev–Trinajstić information content (AvgIpc) is 2.89. The molecule has 0 fully saturated rings. The van der Waals surface area contributed by atoms with Gasteiger partial charge < -0.3 is 44.0 Å². The molecule has 4 bridgehead atoms. The van der Waals surface area contributed by atoms with Crippen molar-refractivity contribution in [3.63, 3.8) is 0 Å². The van der Waals surface area contributed by atoms with Crippen LogP contribution in [0.25, 0.3) is 11.1 Å². The van der Waals surface area contributed by atoms with Crippen molar-refractivity contribution < 1.29 is 19.5 Å². The van der Waals surface area contributed by atoms with E-state index in [9.17, 15) is 19.5 Å². The molecule has 0 aliphatic carbocycles. The molecule has 200 valence electrons. The van der Waals surface area contributed by atoms with Gasteiger partial charge in [0.2, 0.25) is 17.7 Å². The van der Waals surface area contributed by atoms with Gasteiger partial charge in [0.1, 0.15) is 17.8 Å². The number of nitrogens with two attached hydrogens (primary N) is 4. The van der Waals surface area contributed by atoms with Gasteiger partial charge in [-0.1, -0.05) is 30.3 Å². The first kappa shape index (κ1) is 28.1. The normalized spacial score (nSPS) is 20.4. The SMILES string of the molecule is NCCC[C@@H]1NC(=O)C(N)Cc2cc(ccc2O)-c2cccc(c2)CC(C(=O)NC(CN)CN)NC1=O. The zero-order chi connectivity index (χ0) is 26.9. The molecule has 2 aromatic rings. The smallest absolute Gasteiger partial charge is 0.243 e. The third-order valence-electron chi connectivity index (χ3n) is 6.43. The molecule has 3 atom stereocenters. The molecule has 11 heteroatoms. The molecular formula is C26H37N7O4. The number of phenolic OH excluding ortho intramolecular Hbond substituents is 1. The summed E-state index contributed by atoms with van der Waals surface area (Å²) < 4.78 is 0.